The number of aliphatic hydroxyl groups is 1. The summed E-state index contributed by atoms with van der Waals surface area (Å²) < 4.78 is 0. The van der Waals surface area contributed by atoms with Crippen LogP contribution in [0.5, 0.6) is 0 Å². The van der Waals surface area contributed by atoms with Gasteiger partial charge in [-0.05, 0) is 119 Å². The highest BCUT2D eigenvalue weighted by atomic mass is 16.3. The Morgan fingerprint density at radius 2 is 1.70 bits per heavy atom. The third kappa shape index (κ3) is 5.25. The van der Waals surface area contributed by atoms with Gasteiger partial charge in [0.1, 0.15) is 0 Å². The lowest BCUT2D eigenvalue weighted by Gasteiger charge is -2.55. The van der Waals surface area contributed by atoms with Crippen LogP contribution in [0.1, 0.15) is 119 Å². The monoisotopic (exact) mass is 414 g/mol. The second-order valence-electron chi connectivity index (χ2n) is 12.9. The molecule has 0 aromatic carbocycles. The van der Waals surface area contributed by atoms with E-state index in [1.54, 1.807) is 5.57 Å². The Hall–Kier alpha value is -0.560. The summed E-state index contributed by atoms with van der Waals surface area (Å²) in [7, 11) is 0. The van der Waals surface area contributed by atoms with Crippen LogP contribution in [0.2, 0.25) is 0 Å². The van der Waals surface area contributed by atoms with Gasteiger partial charge in [0.05, 0.1) is 5.60 Å². The first-order chi connectivity index (χ1) is 13.9. The van der Waals surface area contributed by atoms with Crippen molar-refractivity contribution in [1.82, 2.24) is 0 Å². The quantitative estimate of drug-likeness (QED) is 0.432. The van der Waals surface area contributed by atoms with Crippen molar-refractivity contribution in [1.29, 1.82) is 0 Å². The van der Waals surface area contributed by atoms with Crippen molar-refractivity contribution < 1.29 is 5.11 Å². The SMILES string of the molecule is C=C1CCCC(C)(C)[C@@H]1CC/C(C)=C/CC[C@@H]1C2CCCC(C)(C)[C@@H]2CC[C@@]1(C)O. The number of hydrogen-bond donors (Lipinski definition) is 1. The fourth-order valence-corrected chi connectivity index (χ4v) is 7.72. The van der Waals surface area contributed by atoms with Crippen LogP contribution >= 0.6 is 0 Å². The third-order valence-electron chi connectivity index (χ3n) is 9.71. The molecule has 3 saturated carbocycles. The van der Waals surface area contributed by atoms with Crippen LogP contribution in [-0.4, -0.2) is 10.7 Å². The molecule has 3 rings (SSSR count). The maximum atomic E-state index is 11.2. The van der Waals surface area contributed by atoms with Gasteiger partial charge in [0.15, 0.2) is 0 Å². The highest BCUT2D eigenvalue weighted by molar-refractivity contribution is 5.11. The predicted molar refractivity (Wildman–Crippen MR) is 130 cm³/mol. The van der Waals surface area contributed by atoms with Crippen molar-refractivity contribution in [3.8, 4) is 0 Å². The Kier molecular flexibility index (Phi) is 7.33. The van der Waals surface area contributed by atoms with Gasteiger partial charge >= 0.3 is 0 Å². The maximum absolute atomic E-state index is 11.2. The molecule has 0 aliphatic heterocycles. The first-order valence-corrected chi connectivity index (χ1v) is 13.0. The smallest absolute Gasteiger partial charge is 0.0650 e. The van der Waals surface area contributed by atoms with E-state index in [0.717, 1.165) is 31.1 Å². The van der Waals surface area contributed by atoms with Gasteiger partial charge in [-0.25, -0.2) is 0 Å². The van der Waals surface area contributed by atoms with Crippen LogP contribution in [0.25, 0.3) is 0 Å². The van der Waals surface area contributed by atoms with E-state index in [1.807, 2.05) is 0 Å². The van der Waals surface area contributed by atoms with Gasteiger partial charge in [0, 0.05) is 0 Å². The van der Waals surface area contributed by atoms with Crippen molar-refractivity contribution >= 4 is 0 Å². The van der Waals surface area contributed by atoms with Crippen LogP contribution in [0.4, 0.5) is 0 Å². The molecule has 1 heteroatoms. The zero-order valence-corrected chi connectivity index (χ0v) is 21.0. The molecule has 0 aromatic heterocycles. The summed E-state index contributed by atoms with van der Waals surface area (Å²) in [5.41, 5.74) is 3.43. The van der Waals surface area contributed by atoms with Crippen LogP contribution in [0, 0.1) is 34.5 Å². The minimum absolute atomic E-state index is 0.416. The third-order valence-corrected chi connectivity index (χ3v) is 9.71. The van der Waals surface area contributed by atoms with Crippen molar-refractivity contribution in [3.63, 3.8) is 0 Å². The summed E-state index contributed by atoms with van der Waals surface area (Å²) in [6.45, 7) is 18.7. The lowest BCUT2D eigenvalue weighted by molar-refractivity contribution is -0.120. The average molecular weight is 415 g/mol. The van der Waals surface area contributed by atoms with Crippen LogP contribution in [0.3, 0.4) is 0 Å². The molecule has 1 nitrogen and oxygen atoms in total. The summed E-state index contributed by atoms with van der Waals surface area (Å²) in [6.07, 6.45) is 17.4. The minimum Gasteiger partial charge on any atom is -0.390 e. The average Bonchev–Trinajstić information content (AvgIpc) is 2.62. The molecular formula is C29H50O. The first-order valence-electron chi connectivity index (χ1n) is 13.0. The molecule has 0 saturated heterocycles. The molecule has 30 heavy (non-hydrogen) atoms. The minimum atomic E-state index is -0.472. The van der Waals surface area contributed by atoms with Gasteiger partial charge in [-0.15, -0.1) is 0 Å². The van der Waals surface area contributed by atoms with E-state index >= 15 is 0 Å². The highest BCUT2D eigenvalue weighted by Crippen LogP contribution is 2.56. The molecule has 0 radical (unpaired) electrons. The molecule has 0 aromatic rings. The van der Waals surface area contributed by atoms with E-state index < -0.39 is 5.60 Å². The standard InChI is InChI=1S/C29H50O/c1-21(15-16-24-22(2)12-9-18-27(24,3)4)11-8-14-26-23-13-10-19-28(5,6)25(23)17-20-29(26,7)30/h11,23-26,30H,2,8-10,12-20H2,1,3-7H3/b21-11+/t23?,24-,25-,26-,29-/m1/s1. The number of fused-ring (bicyclic) bond motifs is 1. The second-order valence-corrected chi connectivity index (χ2v) is 12.9. The van der Waals surface area contributed by atoms with Gasteiger partial charge in [-0.2, -0.15) is 0 Å². The molecule has 3 aliphatic carbocycles. The van der Waals surface area contributed by atoms with E-state index in [4.69, 9.17) is 0 Å². The zero-order valence-electron chi connectivity index (χ0n) is 21.0. The topological polar surface area (TPSA) is 20.2 Å². The van der Waals surface area contributed by atoms with Gasteiger partial charge in [0.2, 0.25) is 0 Å². The highest BCUT2D eigenvalue weighted by Gasteiger charge is 2.50. The van der Waals surface area contributed by atoms with Gasteiger partial charge in [0.25, 0.3) is 0 Å². The maximum Gasteiger partial charge on any atom is 0.0650 e. The van der Waals surface area contributed by atoms with E-state index in [1.165, 1.54) is 63.4 Å². The molecule has 3 fully saturated rings. The Balaban J connectivity index is 1.57. The fourth-order valence-electron chi connectivity index (χ4n) is 7.72. The van der Waals surface area contributed by atoms with E-state index in [9.17, 15) is 5.11 Å². The molecule has 0 amide bonds. The summed E-state index contributed by atoms with van der Waals surface area (Å²) in [5, 5.41) is 11.2. The van der Waals surface area contributed by atoms with Gasteiger partial charge in [-0.1, -0.05) is 57.9 Å². The molecule has 3 aliphatic rings. The van der Waals surface area contributed by atoms with Crippen molar-refractivity contribution in [2.45, 2.75) is 124 Å². The Morgan fingerprint density at radius 1 is 1.00 bits per heavy atom. The van der Waals surface area contributed by atoms with Crippen LogP contribution in [-0.2, 0) is 0 Å². The van der Waals surface area contributed by atoms with Gasteiger partial charge < -0.3 is 5.11 Å². The molecule has 172 valence electrons. The van der Waals surface area contributed by atoms with Crippen molar-refractivity contribution in [2.24, 2.45) is 34.5 Å². The summed E-state index contributed by atoms with van der Waals surface area (Å²) in [6, 6.07) is 0. The Morgan fingerprint density at radius 3 is 2.40 bits per heavy atom. The summed E-state index contributed by atoms with van der Waals surface area (Å²) in [4.78, 5) is 0. The normalized spacial score (nSPS) is 38.9. The fraction of sp³-hybridized carbons (Fsp3) is 0.862. The van der Waals surface area contributed by atoms with E-state index in [0.29, 0.717) is 22.7 Å². The van der Waals surface area contributed by atoms with Gasteiger partial charge in [-0.3, -0.25) is 0 Å². The Labute approximate surface area is 187 Å². The Bertz CT molecular complexity index is 635. The molecule has 1 unspecified atom stereocenters. The van der Waals surface area contributed by atoms with E-state index in [-0.39, 0.29) is 0 Å². The lowest BCUT2D eigenvalue weighted by atomic mass is 9.52. The summed E-state index contributed by atoms with van der Waals surface area (Å²) in [5.74, 6) is 2.68. The van der Waals surface area contributed by atoms with E-state index in [2.05, 4.69) is 54.2 Å². The molecule has 1 N–H and O–H groups in total. The van der Waals surface area contributed by atoms with Crippen LogP contribution in [0.15, 0.2) is 23.8 Å². The van der Waals surface area contributed by atoms with Crippen molar-refractivity contribution in [3.05, 3.63) is 23.8 Å². The van der Waals surface area contributed by atoms with Crippen molar-refractivity contribution in [2.75, 3.05) is 0 Å². The first kappa shape index (κ1) is 24.1. The molecule has 5 atom stereocenters. The largest absolute Gasteiger partial charge is 0.390 e. The number of hydrogen-bond acceptors (Lipinski definition) is 1. The number of allylic oxidation sites excluding steroid dienone is 3. The molecule has 0 heterocycles. The molecular weight excluding hydrogens is 364 g/mol. The predicted octanol–water partition coefficient (Wildman–Crippen LogP) is 8.48. The molecule has 0 spiro atoms. The summed E-state index contributed by atoms with van der Waals surface area (Å²) >= 11 is 0. The molecule has 0 bridgehead atoms. The second kappa shape index (κ2) is 9.13. The zero-order chi connectivity index (χ0) is 22.2. The number of rotatable bonds is 6. The lowest BCUT2D eigenvalue weighted by Crippen LogP contribution is -2.51. The van der Waals surface area contributed by atoms with Crippen LogP contribution < -0.4 is 0 Å².